The number of carboxylic acids is 1. The van der Waals surface area contributed by atoms with Crippen molar-refractivity contribution >= 4 is 5.97 Å². The summed E-state index contributed by atoms with van der Waals surface area (Å²) in [6.45, 7) is 7.61. The molecule has 3 atom stereocenters. The summed E-state index contributed by atoms with van der Waals surface area (Å²) >= 11 is 0. The molecule has 0 aliphatic carbocycles. The van der Waals surface area contributed by atoms with Crippen LogP contribution in [0.1, 0.15) is 26.3 Å². The van der Waals surface area contributed by atoms with Gasteiger partial charge in [-0.1, -0.05) is 37.3 Å². The van der Waals surface area contributed by atoms with Gasteiger partial charge in [0.25, 0.3) is 0 Å². The average Bonchev–Trinajstić information content (AvgIpc) is 2.56. The van der Waals surface area contributed by atoms with E-state index < -0.39 is 11.4 Å². The van der Waals surface area contributed by atoms with E-state index in [1.165, 1.54) is 5.56 Å². The van der Waals surface area contributed by atoms with Gasteiger partial charge in [0.05, 0.1) is 5.41 Å². The van der Waals surface area contributed by atoms with Crippen molar-refractivity contribution in [3.8, 4) is 0 Å². The van der Waals surface area contributed by atoms with Crippen molar-refractivity contribution in [3.05, 3.63) is 35.9 Å². The highest BCUT2D eigenvalue weighted by molar-refractivity contribution is 5.76. The minimum atomic E-state index is -0.682. The Morgan fingerprint density at radius 1 is 1.39 bits per heavy atom. The molecular weight excluding hydrogens is 226 g/mol. The third kappa shape index (κ3) is 2.03. The van der Waals surface area contributed by atoms with Gasteiger partial charge in [0.1, 0.15) is 0 Å². The van der Waals surface area contributed by atoms with Crippen molar-refractivity contribution in [1.82, 2.24) is 4.90 Å². The Bertz CT molecular complexity index is 431. The summed E-state index contributed by atoms with van der Waals surface area (Å²) in [7, 11) is 0. The summed E-state index contributed by atoms with van der Waals surface area (Å²) < 4.78 is 0. The van der Waals surface area contributed by atoms with Crippen LogP contribution < -0.4 is 0 Å². The SMILES string of the molecule is CC1N(Cc2ccccc2)C[C@@H](C)[C@@]1(C)C(=O)O. The number of hydrogen-bond acceptors (Lipinski definition) is 2. The van der Waals surface area contributed by atoms with Gasteiger partial charge in [-0.25, -0.2) is 0 Å². The number of likely N-dealkylation sites (tertiary alicyclic amines) is 1. The van der Waals surface area contributed by atoms with Crippen LogP contribution in [0, 0.1) is 11.3 Å². The summed E-state index contributed by atoms with van der Waals surface area (Å²) in [6, 6.07) is 10.3. The molecule has 0 saturated carbocycles. The van der Waals surface area contributed by atoms with E-state index >= 15 is 0 Å². The molecule has 1 saturated heterocycles. The Balaban J connectivity index is 2.16. The van der Waals surface area contributed by atoms with E-state index in [9.17, 15) is 9.90 Å². The van der Waals surface area contributed by atoms with Gasteiger partial charge in [-0.2, -0.15) is 0 Å². The Morgan fingerprint density at radius 3 is 2.50 bits per heavy atom. The Labute approximate surface area is 108 Å². The first-order valence-corrected chi connectivity index (χ1v) is 6.47. The van der Waals surface area contributed by atoms with E-state index in [2.05, 4.69) is 17.0 Å². The van der Waals surface area contributed by atoms with E-state index in [1.807, 2.05) is 39.0 Å². The number of aliphatic carboxylic acids is 1. The van der Waals surface area contributed by atoms with E-state index in [0.717, 1.165) is 13.1 Å². The van der Waals surface area contributed by atoms with Crippen molar-refractivity contribution in [2.75, 3.05) is 6.54 Å². The number of nitrogens with zero attached hydrogens (tertiary/aromatic N) is 1. The second kappa shape index (κ2) is 4.73. The molecule has 0 amide bonds. The molecule has 1 aliphatic heterocycles. The zero-order valence-corrected chi connectivity index (χ0v) is 11.3. The fourth-order valence-electron chi connectivity index (χ4n) is 2.90. The summed E-state index contributed by atoms with van der Waals surface area (Å²) in [5, 5.41) is 9.47. The Morgan fingerprint density at radius 2 is 2.00 bits per heavy atom. The summed E-state index contributed by atoms with van der Waals surface area (Å²) in [5.74, 6) is -0.508. The third-order valence-electron chi connectivity index (χ3n) is 4.64. The Hall–Kier alpha value is -1.35. The van der Waals surface area contributed by atoms with Crippen LogP contribution >= 0.6 is 0 Å². The maximum Gasteiger partial charge on any atom is 0.311 e. The number of benzene rings is 1. The summed E-state index contributed by atoms with van der Waals surface area (Å²) in [5.41, 5.74) is 0.598. The molecule has 98 valence electrons. The van der Waals surface area contributed by atoms with Gasteiger partial charge in [-0.15, -0.1) is 0 Å². The van der Waals surface area contributed by atoms with E-state index in [4.69, 9.17) is 0 Å². The van der Waals surface area contributed by atoms with Gasteiger partial charge >= 0.3 is 5.97 Å². The van der Waals surface area contributed by atoms with Crippen molar-refractivity contribution in [2.45, 2.75) is 33.4 Å². The monoisotopic (exact) mass is 247 g/mol. The van der Waals surface area contributed by atoms with Crippen LogP contribution in [-0.2, 0) is 11.3 Å². The highest BCUT2D eigenvalue weighted by atomic mass is 16.4. The zero-order chi connectivity index (χ0) is 13.3. The molecule has 1 unspecified atom stereocenters. The lowest BCUT2D eigenvalue weighted by atomic mass is 9.76. The van der Waals surface area contributed by atoms with Gasteiger partial charge in [0.2, 0.25) is 0 Å². The van der Waals surface area contributed by atoms with E-state index in [0.29, 0.717) is 0 Å². The molecule has 3 nitrogen and oxygen atoms in total. The molecule has 3 heteroatoms. The summed E-state index contributed by atoms with van der Waals surface area (Å²) in [6.07, 6.45) is 0. The van der Waals surface area contributed by atoms with Gasteiger partial charge < -0.3 is 5.11 Å². The van der Waals surface area contributed by atoms with Crippen LogP contribution in [0.4, 0.5) is 0 Å². The second-order valence-corrected chi connectivity index (χ2v) is 5.58. The maximum absolute atomic E-state index is 11.5. The fourth-order valence-corrected chi connectivity index (χ4v) is 2.90. The van der Waals surface area contributed by atoms with Crippen molar-refractivity contribution < 1.29 is 9.90 Å². The first-order valence-electron chi connectivity index (χ1n) is 6.47. The molecule has 0 spiro atoms. The maximum atomic E-state index is 11.5. The molecule has 1 aliphatic rings. The van der Waals surface area contributed by atoms with Crippen LogP contribution in [0.15, 0.2) is 30.3 Å². The summed E-state index contributed by atoms with van der Waals surface area (Å²) in [4.78, 5) is 13.8. The highest BCUT2D eigenvalue weighted by Gasteiger charge is 2.51. The topological polar surface area (TPSA) is 40.5 Å². The molecule has 2 rings (SSSR count). The van der Waals surface area contributed by atoms with Gasteiger partial charge in [0.15, 0.2) is 0 Å². The van der Waals surface area contributed by atoms with Crippen LogP contribution in [0.25, 0.3) is 0 Å². The standard InChI is InChI=1S/C15H21NO2/c1-11-9-16(10-13-7-5-4-6-8-13)12(2)15(11,3)14(17)18/h4-8,11-12H,9-10H2,1-3H3,(H,17,18)/t11-,12?,15-/m1/s1. The normalized spacial score (nSPS) is 32.6. The largest absolute Gasteiger partial charge is 0.481 e. The van der Waals surface area contributed by atoms with E-state index in [-0.39, 0.29) is 12.0 Å². The lowest BCUT2D eigenvalue weighted by Gasteiger charge is -2.30. The minimum Gasteiger partial charge on any atom is -0.481 e. The molecular formula is C15H21NO2. The molecule has 1 fully saturated rings. The second-order valence-electron chi connectivity index (χ2n) is 5.58. The lowest BCUT2D eigenvalue weighted by Crippen LogP contribution is -2.42. The van der Waals surface area contributed by atoms with Gasteiger partial charge in [-0.3, -0.25) is 9.69 Å². The predicted octanol–water partition coefficient (Wildman–Crippen LogP) is 2.62. The van der Waals surface area contributed by atoms with Crippen LogP contribution in [0.5, 0.6) is 0 Å². The number of carboxylic acid groups (broad SMARTS) is 1. The quantitative estimate of drug-likeness (QED) is 0.892. The smallest absolute Gasteiger partial charge is 0.311 e. The number of hydrogen-bond donors (Lipinski definition) is 1. The number of carbonyl (C=O) groups is 1. The Kier molecular flexibility index (Phi) is 3.44. The molecule has 0 radical (unpaired) electrons. The van der Waals surface area contributed by atoms with Crippen molar-refractivity contribution in [3.63, 3.8) is 0 Å². The van der Waals surface area contributed by atoms with Gasteiger partial charge in [-0.05, 0) is 25.3 Å². The minimum absolute atomic E-state index is 0.0604. The first kappa shape index (κ1) is 13.1. The van der Waals surface area contributed by atoms with Crippen LogP contribution in [0.3, 0.4) is 0 Å². The highest BCUT2D eigenvalue weighted by Crippen LogP contribution is 2.41. The third-order valence-corrected chi connectivity index (χ3v) is 4.64. The van der Waals surface area contributed by atoms with Crippen LogP contribution in [0.2, 0.25) is 0 Å². The molecule has 0 aromatic heterocycles. The lowest BCUT2D eigenvalue weighted by molar-refractivity contribution is -0.151. The molecule has 1 aromatic rings. The molecule has 18 heavy (non-hydrogen) atoms. The van der Waals surface area contributed by atoms with Crippen molar-refractivity contribution in [1.29, 1.82) is 0 Å². The van der Waals surface area contributed by atoms with Crippen LogP contribution in [-0.4, -0.2) is 28.6 Å². The molecule has 1 heterocycles. The molecule has 1 aromatic carbocycles. The van der Waals surface area contributed by atoms with E-state index in [1.54, 1.807) is 0 Å². The molecule has 0 bridgehead atoms. The van der Waals surface area contributed by atoms with Gasteiger partial charge in [0, 0.05) is 19.1 Å². The van der Waals surface area contributed by atoms with Crippen molar-refractivity contribution in [2.24, 2.45) is 11.3 Å². The fraction of sp³-hybridized carbons (Fsp3) is 0.533. The molecule has 1 N–H and O–H groups in total. The number of rotatable bonds is 3. The predicted molar refractivity (Wildman–Crippen MR) is 71.2 cm³/mol. The average molecular weight is 247 g/mol. The first-order chi connectivity index (χ1) is 8.46. The zero-order valence-electron chi connectivity index (χ0n) is 11.3.